The smallest absolute Gasteiger partial charge is 0.144 e. The molecule has 0 bridgehead atoms. The molecule has 1 rings (SSSR count). The van der Waals surface area contributed by atoms with Crippen molar-refractivity contribution >= 4 is 12.0 Å². The molecule has 1 aromatic rings. The van der Waals surface area contributed by atoms with E-state index in [1.54, 1.807) is 6.21 Å². The fourth-order valence-corrected chi connectivity index (χ4v) is 1.68. The Balaban J connectivity index is 3.56. The predicted molar refractivity (Wildman–Crippen MR) is 71.1 cm³/mol. The van der Waals surface area contributed by atoms with Gasteiger partial charge in [0.2, 0.25) is 0 Å². The Morgan fingerprint density at radius 1 is 1.17 bits per heavy atom. The van der Waals surface area contributed by atoms with E-state index >= 15 is 0 Å². The van der Waals surface area contributed by atoms with Gasteiger partial charge in [0.15, 0.2) is 0 Å². The van der Waals surface area contributed by atoms with Gasteiger partial charge in [0, 0.05) is 6.21 Å². The van der Waals surface area contributed by atoms with Gasteiger partial charge in [0.05, 0.1) is 11.3 Å². The summed E-state index contributed by atoms with van der Waals surface area (Å²) < 4.78 is 1.50. The summed E-state index contributed by atoms with van der Waals surface area (Å²) in [4.78, 5) is 0. The van der Waals surface area contributed by atoms with Crippen molar-refractivity contribution in [1.82, 2.24) is 4.68 Å². The summed E-state index contributed by atoms with van der Waals surface area (Å²) in [6, 6.07) is 4.02. The van der Waals surface area contributed by atoms with E-state index in [1.807, 2.05) is 39.8 Å². The van der Waals surface area contributed by atoms with Gasteiger partial charge in [-0.25, -0.2) is 4.68 Å². The normalized spacial score (nSPS) is 11.1. The van der Waals surface area contributed by atoms with Crippen LogP contribution in [-0.2, 0) is 0 Å². The quantitative estimate of drug-likeness (QED) is 0.826. The summed E-state index contributed by atoms with van der Waals surface area (Å²) in [6.07, 6.45) is 1.74. The third-order valence-electron chi connectivity index (χ3n) is 2.47. The Morgan fingerprint density at radius 2 is 1.72 bits per heavy atom. The molecule has 5 nitrogen and oxygen atoms in total. The molecular weight excluding hydrogens is 226 g/mol. The minimum atomic E-state index is 0.0633. The van der Waals surface area contributed by atoms with Crippen LogP contribution in [-0.4, -0.2) is 10.9 Å². The first-order valence-electron chi connectivity index (χ1n) is 5.82. The van der Waals surface area contributed by atoms with Gasteiger partial charge in [-0.15, -0.1) is 0 Å². The molecule has 0 saturated heterocycles. The molecule has 2 N–H and O–H groups in total. The van der Waals surface area contributed by atoms with Crippen molar-refractivity contribution in [3.63, 3.8) is 0 Å². The molecule has 1 aromatic heterocycles. The molecular formula is C13H17N5. The van der Waals surface area contributed by atoms with Crippen LogP contribution >= 0.6 is 0 Å². The summed E-state index contributed by atoms with van der Waals surface area (Å²) in [5.74, 6) is 0.561. The number of nitrogens with two attached hydrogens (primary N) is 1. The number of nitrogen functional groups attached to an aromatic ring is 1. The minimum absolute atomic E-state index is 0.0633. The summed E-state index contributed by atoms with van der Waals surface area (Å²) in [5.41, 5.74) is 7.11. The van der Waals surface area contributed by atoms with E-state index in [0.29, 0.717) is 11.3 Å². The van der Waals surface area contributed by atoms with E-state index in [9.17, 15) is 5.26 Å². The SMILES string of the molecule is CC(C)/C=N\n1c(N)c(C#N)c(C#N)c1C(C)C. The lowest BCUT2D eigenvalue weighted by Crippen LogP contribution is -2.05. The Hall–Kier alpha value is -2.27. The highest BCUT2D eigenvalue weighted by atomic mass is 15.4. The Kier molecular flexibility index (Phi) is 4.12. The zero-order valence-electron chi connectivity index (χ0n) is 11.1. The van der Waals surface area contributed by atoms with Crippen molar-refractivity contribution in [3.05, 3.63) is 16.8 Å². The van der Waals surface area contributed by atoms with E-state index in [-0.39, 0.29) is 23.2 Å². The van der Waals surface area contributed by atoms with Crippen LogP contribution in [0, 0.1) is 28.6 Å². The van der Waals surface area contributed by atoms with Crippen molar-refractivity contribution in [2.45, 2.75) is 33.6 Å². The van der Waals surface area contributed by atoms with Crippen molar-refractivity contribution in [2.75, 3.05) is 5.73 Å². The average molecular weight is 243 g/mol. The molecule has 0 saturated carbocycles. The number of hydrogen-bond acceptors (Lipinski definition) is 4. The second-order valence-electron chi connectivity index (χ2n) is 4.72. The van der Waals surface area contributed by atoms with Gasteiger partial charge in [0.25, 0.3) is 0 Å². The van der Waals surface area contributed by atoms with E-state index in [1.165, 1.54) is 4.68 Å². The molecule has 94 valence electrons. The van der Waals surface area contributed by atoms with Crippen LogP contribution in [0.1, 0.15) is 50.4 Å². The fourth-order valence-electron chi connectivity index (χ4n) is 1.68. The van der Waals surface area contributed by atoms with Gasteiger partial charge in [-0.2, -0.15) is 15.6 Å². The van der Waals surface area contributed by atoms with Crippen LogP contribution in [0.15, 0.2) is 5.10 Å². The average Bonchev–Trinajstić information content (AvgIpc) is 2.58. The number of nitriles is 2. The standard InChI is InChI=1S/C13H17N5/c1-8(2)7-17-18-12(9(3)4)10(5-14)11(6-15)13(18)16/h7-9H,16H2,1-4H3/b17-7-. The highest BCUT2D eigenvalue weighted by molar-refractivity contribution is 5.66. The van der Waals surface area contributed by atoms with Crippen molar-refractivity contribution in [2.24, 2.45) is 11.0 Å². The van der Waals surface area contributed by atoms with Crippen molar-refractivity contribution < 1.29 is 0 Å². The largest absolute Gasteiger partial charge is 0.383 e. The summed E-state index contributed by atoms with van der Waals surface area (Å²) >= 11 is 0. The zero-order chi connectivity index (χ0) is 13.9. The molecule has 0 fully saturated rings. The molecule has 18 heavy (non-hydrogen) atoms. The summed E-state index contributed by atoms with van der Waals surface area (Å²) in [7, 11) is 0. The maximum atomic E-state index is 9.17. The van der Waals surface area contributed by atoms with Gasteiger partial charge in [-0.05, 0) is 11.8 Å². The van der Waals surface area contributed by atoms with Crippen molar-refractivity contribution in [3.8, 4) is 12.1 Å². The van der Waals surface area contributed by atoms with Crippen LogP contribution in [0.25, 0.3) is 0 Å². The molecule has 0 aromatic carbocycles. The molecule has 0 radical (unpaired) electrons. The van der Waals surface area contributed by atoms with Gasteiger partial charge in [0.1, 0.15) is 23.5 Å². The summed E-state index contributed by atoms with van der Waals surface area (Å²) in [5, 5.41) is 22.5. The first-order chi connectivity index (χ1) is 8.43. The molecule has 0 spiro atoms. The monoisotopic (exact) mass is 243 g/mol. The van der Waals surface area contributed by atoms with Crippen LogP contribution in [0.3, 0.4) is 0 Å². The van der Waals surface area contributed by atoms with E-state index < -0.39 is 0 Å². The second kappa shape index (κ2) is 5.37. The maximum absolute atomic E-state index is 9.17. The second-order valence-corrected chi connectivity index (χ2v) is 4.72. The minimum Gasteiger partial charge on any atom is -0.383 e. The highest BCUT2D eigenvalue weighted by Gasteiger charge is 2.22. The molecule has 0 aliphatic heterocycles. The number of rotatable bonds is 3. The fraction of sp³-hybridized carbons (Fsp3) is 0.462. The molecule has 0 unspecified atom stereocenters. The van der Waals surface area contributed by atoms with E-state index in [4.69, 9.17) is 11.0 Å². The molecule has 0 aliphatic rings. The molecule has 0 amide bonds. The van der Waals surface area contributed by atoms with Crippen LogP contribution in [0.2, 0.25) is 0 Å². The van der Waals surface area contributed by atoms with Crippen LogP contribution < -0.4 is 5.73 Å². The predicted octanol–water partition coefficient (Wildman–Crippen LogP) is 2.43. The lowest BCUT2D eigenvalue weighted by atomic mass is 10.0. The number of anilines is 1. The van der Waals surface area contributed by atoms with Crippen LogP contribution in [0.5, 0.6) is 0 Å². The number of nitrogens with zero attached hydrogens (tertiary/aromatic N) is 4. The molecule has 0 atom stereocenters. The first kappa shape index (κ1) is 13.8. The Labute approximate surface area is 107 Å². The Morgan fingerprint density at radius 3 is 2.11 bits per heavy atom. The molecule has 5 heteroatoms. The zero-order valence-corrected chi connectivity index (χ0v) is 11.1. The third-order valence-corrected chi connectivity index (χ3v) is 2.47. The lowest BCUT2D eigenvalue weighted by Gasteiger charge is -2.08. The van der Waals surface area contributed by atoms with Gasteiger partial charge in [-0.1, -0.05) is 27.7 Å². The van der Waals surface area contributed by atoms with E-state index in [2.05, 4.69) is 5.10 Å². The first-order valence-corrected chi connectivity index (χ1v) is 5.82. The Bertz CT molecular complexity index is 549. The highest BCUT2D eigenvalue weighted by Crippen LogP contribution is 2.29. The van der Waals surface area contributed by atoms with E-state index in [0.717, 1.165) is 0 Å². The summed E-state index contributed by atoms with van der Waals surface area (Å²) in [6.45, 7) is 7.87. The number of hydrogen-bond donors (Lipinski definition) is 1. The third kappa shape index (κ3) is 2.36. The van der Waals surface area contributed by atoms with Gasteiger partial charge >= 0.3 is 0 Å². The van der Waals surface area contributed by atoms with Crippen molar-refractivity contribution in [1.29, 1.82) is 10.5 Å². The topological polar surface area (TPSA) is 90.9 Å². The van der Waals surface area contributed by atoms with Gasteiger partial charge < -0.3 is 5.73 Å². The lowest BCUT2D eigenvalue weighted by molar-refractivity contribution is 0.725. The maximum Gasteiger partial charge on any atom is 0.144 e. The number of aromatic nitrogens is 1. The van der Waals surface area contributed by atoms with Gasteiger partial charge in [-0.3, -0.25) is 0 Å². The molecule has 1 heterocycles. The van der Waals surface area contributed by atoms with Crippen LogP contribution in [0.4, 0.5) is 5.82 Å². The molecule has 0 aliphatic carbocycles.